The molecule has 1 aliphatic carbocycles. The molecule has 0 radical (unpaired) electrons. The van der Waals surface area contributed by atoms with Gasteiger partial charge in [0.1, 0.15) is 72.6 Å². The van der Waals surface area contributed by atoms with Crippen LogP contribution in [-0.2, 0) is 28.4 Å². The molecule has 3 fully saturated rings. The smallest absolute Gasteiger partial charge is 0.305 e. The summed E-state index contributed by atoms with van der Waals surface area (Å²) in [5, 5.41) is 144. The van der Waals surface area contributed by atoms with Gasteiger partial charge in [0, 0.05) is 24.3 Å². The van der Waals surface area contributed by atoms with E-state index in [1.165, 1.54) is 12.2 Å². The molecule has 15 N–H and O–H groups in total. The van der Waals surface area contributed by atoms with Crippen molar-refractivity contribution in [2.45, 2.75) is 92.1 Å². The van der Waals surface area contributed by atoms with Crippen molar-refractivity contribution < 1.29 is 105 Å². The van der Waals surface area contributed by atoms with E-state index in [1.807, 2.05) is 0 Å². The predicted molar refractivity (Wildman–Crippen MR) is 168 cm³/mol. The fourth-order valence-electron chi connectivity index (χ4n) is 6.25. The number of ether oxygens (including phenoxy) is 7. The Bertz CT molecular complexity index is 1600. The Hall–Kier alpha value is -3.78. The van der Waals surface area contributed by atoms with Crippen LogP contribution in [0.25, 0.3) is 5.76 Å². The van der Waals surface area contributed by atoms with Crippen LogP contribution in [0.5, 0.6) is 17.2 Å². The van der Waals surface area contributed by atoms with Gasteiger partial charge in [-0.15, -0.1) is 0 Å². The molecule has 21 nitrogen and oxygen atoms in total. The zero-order valence-corrected chi connectivity index (χ0v) is 27.3. The highest BCUT2D eigenvalue weighted by Gasteiger charge is 2.51. The highest BCUT2D eigenvalue weighted by molar-refractivity contribution is 5.71. The highest BCUT2D eigenvalue weighted by atomic mass is 16.8. The van der Waals surface area contributed by atoms with E-state index in [-0.39, 0.29) is 28.4 Å². The Labute approximate surface area is 298 Å². The summed E-state index contributed by atoms with van der Waals surface area (Å²) >= 11 is 0. The molecule has 4 aliphatic heterocycles. The molecule has 5 aliphatic rings. The molecule has 294 valence electrons. The van der Waals surface area contributed by atoms with Crippen molar-refractivity contribution in [2.24, 2.45) is 0 Å². The molecule has 4 heterocycles. The van der Waals surface area contributed by atoms with E-state index in [1.54, 1.807) is 0 Å². The Morgan fingerprint density at radius 2 is 1.28 bits per heavy atom. The van der Waals surface area contributed by atoms with Crippen LogP contribution in [0.2, 0.25) is 0 Å². The third kappa shape index (κ3) is 7.50. The number of aliphatic hydroxyl groups is 13. The van der Waals surface area contributed by atoms with E-state index in [0.717, 1.165) is 18.2 Å². The van der Waals surface area contributed by atoms with Crippen LogP contribution in [0.4, 0.5) is 0 Å². The molecule has 21 heteroatoms. The quantitative estimate of drug-likeness (QED) is 0.0825. The molecular formula is C32H41O21+. The minimum atomic E-state index is -1.92. The van der Waals surface area contributed by atoms with Crippen molar-refractivity contribution in [2.75, 3.05) is 19.8 Å². The maximum atomic E-state index is 11.1. The van der Waals surface area contributed by atoms with E-state index in [9.17, 15) is 71.5 Å². The Balaban J connectivity index is 1.40. The standard InChI is InChI=1S/C32H40O21/c33-6-18-22(41)24(43)27(46)31(51-18)49-16-4-10(35)3-15-11(16)5-17(28(48-15)9-1-12(36)20(39)13(37)2-9)50-32-29(25(44)23(42)19(7-34)52-32)53-30-26(45)21(40)14(38)8-47-30/h1-5,14-15,18-19,21-27,29-46H,6-8H2/p+1. The van der Waals surface area contributed by atoms with Gasteiger partial charge < -0.3 is 105 Å². The Kier molecular flexibility index (Phi) is 11.4. The number of rotatable bonds is 9. The minimum Gasteiger partial charge on any atom is -0.571 e. The summed E-state index contributed by atoms with van der Waals surface area (Å²) in [5.74, 6) is -3.65. The van der Waals surface area contributed by atoms with Crippen molar-refractivity contribution in [3.63, 3.8) is 0 Å². The number of phenols is 3. The normalized spacial score (nSPS) is 40.3. The van der Waals surface area contributed by atoms with Crippen LogP contribution in [0, 0.1) is 0 Å². The molecule has 0 spiro atoms. The average Bonchev–Trinajstić information content (AvgIpc) is 3.13. The van der Waals surface area contributed by atoms with Crippen molar-refractivity contribution >= 4 is 5.76 Å². The van der Waals surface area contributed by atoms with Gasteiger partial charge in [-0.25, -0.2) is 0 Å². The SMILES string of the molecule is OCC1OC(OC2=CC(O)=CC3[OH+]C(c4cc(O)c(O)c(O)c4)=C(OC4OC(CO)C(O)C(O)C4OC4OCC(O)C(O)C4O)C=C23)C(O)C(O)C1O. The van der Waals surface area contributed by atoms with Gasteiger partial charge in [-0.1, -0.05) is 0 Å². The molecule has 1 aromatic rings. The third-order valence-electron chi connectivity index (χ3n) is 9.25. The second-order valence-electron chi connectivity index (χ2n) is 12.8. The molecule has 15 unspecified atom stereocenters. The largest absolute Gasteiger partial charge is 0.571 e. The van der Waals surface area contributed by atoms with Crippen LogP contribution < -0.4 is 0 Å². The lowest BCUT2D eigenvalue weighted by Crippen LogP contribution is -2.63. The first-order valence-electron chi connectivity index (χ1n) is 16.3. The number of hydrogen-bond acceptors (Lipinski definition) is 20. The summed E-state index contributed by atoms with van der Waals surface area (Å²) in [5.41, 5.74) is -0.0425. The zero-order valence-electron chi connectivity index (χ0n) is 27.3. The molecular weight excluding hydrogens is 720 g/mol. The molecule has 3 saturated heterocycles. The van der Waals surface area contributed by atoms with Crippen molar-refractivity contribution in [3.8, 4) is 17.2 Å². The number of benzene rings is 1. The summed E-state index contributed by atoms with van der Waals surface area (Å²) in [6.07, 6.45) is -21.7. The predicted octanol–water partition coefficient (Wildman–Crippen LogP) is -5.26. The lowest BCUT2D eigenvalue weighted by atomic mass is 9.96. The summed E-state index contributed by atoms with van der Waals surface area (Å²) in [4.78, 5) is 0. The first-order valence-corrected chi connectivity index (χ1v) is 16.3. The molecule has 0 bridgehead atoms. The Morgan fingerprint density at radius 1 is 0.679 bits per heavy atom. The molecule has 15 atom stereocenters. The molecule has 0 saturated carbocycles. The van der Waals surface area contributed by atoms with Crippen molar-refractivity contribution in [3.05, 3.63) is 58.8 Å². The van der Waals surface area contributed by atoms with E-state index >= 15 is 0 Å². The van der Waals surface area contributed by atoms with Crippen LogP contribution in [0.15, 0.2) is 53.2 Å². The number of aromatic hydroxyl groups is 3. The monoisotopic (exact) mass is 761 g/mol. The van der Waals surface area contributed by atoms with Gasteiger partial charge in [-0.3, -0.25) is 0 Å². The maximum Gasteiger partial charge on any atom is 0.305 e. The number of hydrogen-bond donors (Lipinski definition) is 14. The van der Waals surface area contributed by atoms with Gasteiger partial charge >= 0.3 is 5.76 Å². The van der Waals surface area contributed by atoms with Gasteiger partial charge in [-0.2, -0.15) is 0 Å². The van der Waals surface area contributed by atoms with Crippen LogP contribution >= 0.6 is 0 Å². The molecule has 53 heavy (non-hydrogen) atoms. The van der Waals surface area contributed by atoms with E-state index in [2.05, 4.69) is 4.74 Å². The second kappa shape index (κ2) is 15.5. The van der Waals surface area contributed by atoms with Crippen molar-refractivity contribution in [1.29, 1.82) is 0 Å². The minimum absolute atomic E-state index is 0.0569. The lowest BCUT2D eigenvalue weighted by molar-refractivity contribution is -0.351. The van der Waals surface area contributed by atoms with Crippen LogP contribution in [0.1, 0.15) is 5.56 Å². The summed E-state index contributed by atoms with van der Waals surface area (Å²) in [6, 6.07) is 1.99. The lowest BCUT2D eigenvalue weighted by Gasteiger charge is -2.44. The van der Waals surface area contributed by atoms with E-state index in [0.29, 0.717) is 0 Å². The number of allylic oxidation sites excluding steroid dienone is 2. The fraction of sp³-hybridized carbons (Fsp3) is 0.562. The van der Waals surface area contributed by atoms with Crippen LogP contribution in [-0.4, -0.2) is 188 Å². The maximum absolute atomic E-state index is 11.1. The average molecular weight is 762 g/mol. The number of fused-ring (bicyclic) bond motifs is 1. The zero-order chi connectivity index (χ0) is 38.5. The summed E-state index contributed by atoms with van der Waals surface area (Å²) in [6.45, 7) is -2.12. The fourth-order valence-corrected chi connectivity index (χ4v) is 6.25. The van der Waals surface area contributed by atoms with E-state index in [4.69, 9.17) is 28.4 Å². The van der Waals surface area contributed by atoms with Gasteiger partial charge in [0.05, 0.1) is 37.0 Å². The molecule has 0 amide bonds. The summed E-state index contributed by atoms with van der Waals surface area (Å²) < 4.78 is 38.7. The highest BCUT2D eigenvalue weighted by Crippen LogP contribution is 2.43. The molecule has 6 rings (SSSR count). The first-order chi connectivity index (χ1) is 25.1. The second-order valence-corrected chi connectivity index (χ2v) is 12.8. The van der Waals surface area contributed by atoms with Gasteiger partial charge in [0.25, 0.3) is 0 Å². The molecule has 0 aromatic heterocycles. The van der Waals surface area contributed by atoms with Gasteiger partial charge in [0.2, 0.25) is 24.4 Å². The summed E-state index contributed by atoms with van der Waals surface area (Å²) in [7, 11) is 0. The number of aliphatic hydroxyl groups excluding tert-OH is 11. The van der Waals surface area contributed by atoms with Gasteiger partial charge in [0.15, 0.2) is 29.6 Å². The number of phenolic OH excluding ortho intramolecular Hbond substituents is 3. The van der Waals surface area contributed by atoms with Crippen molar-refractivity contribution in [1.82, 2.24) is 0 Å². The van der Waals surface area contributed by atoms with E-state index < -0.39 is 135 Å². The molecule has 1 aromatic carbocycles. The Morgan fingerprint density at radius 3 is 1.92 bits per heavy atom. The first kappa shape index (κ1) is 38.9. The third-order valence-corrected chi connectivity index (χ3v) is 9.25. The van der Waals surface area contributed by atoms with Crippen LogP contribution in [0.3, 0.4) is 0 Å². The topological polar surface area (TPSA) is 351 Å². The van der Waals surface area contributed by atoms with Gasteiger partial charge in [-0.05, 0) is 0 Å².